The molecule has 1 N–H and O–H groups in total. The van der Waals surface area contributed by atoms with E-state index < -0.39 is 0 Å². The third kappa shape index (κ3) is 3.91. The van der Waals surface area contributed by atoms with Crippen LogP contribution in [0.25, 0.3) is 0 Å². The van der Waals surface area contributed by atoms with Crippen LogP contribution in [0.1, 0.15) is 33.7 Å². The molecule has 0 radical (unpaired) electrons. The van der Waals surface area contributed by atoms with Crippen LogP contribution in [-0.4, -0.2) is 28.8 Å². The summed E-state index contributed by atoms with van der Waals surface area (Å²) in [6.45, 7) is 9.85. The third-order valence-corrected chi connectivity index (χ3v) is 2.06. The van der Waals surface area contributed by atoms with Gasteiger partial charge < -0.3 is 14.6 Å². The van der Waals surface area contributed by atoms with E-state index in [0.29, 0.717) is 12.6 Å². The minimum Gasteiger partial charge on any atom is -0.377 e. The first kappa shape index (κ1) is 12.0. The van der Waals surface area contributed by atoms with Crippen LogP contribution in [0.5, 0.6) is 0 Å². The molecule has 0 saturated heterocycles. The molecule has 0 bridgehead atoms. The van der Waals surface area contributed by atoms with Crippen molar-refractivity contribution in [2.75, 3.05) is 18.5 Å². The minimum absolute atomic E-state index is 0.289. The van der Waals surface area contributed by atoms with Crippen LogP contribution in [0.3, 0.4) is 0 Å². The molecule has 1 aromatic rings. The van der Waals surface area contributed by atoms with Crippen molar-refractivity contribution in [1.82, 2.24) is 9.55 Å². The van der Waals surface area contributed by atoms with Gasteiger partial charge in [0.1, 0.15) is 0 Å². The van der Waals surface area contributed by atoms with E-state index in [2.05, 4.69) is 28.7 Å². The van der Waals surface area contributed by atoms with Crippen molar-refractivity contribution in [3.05, 3.63) is 12.4 Å². The van der Waals surface area contributed by atoms with Crippen LogP contribution in [-0.2, 0) is 4.74 Å². The first-order valence-corrected chi connectivity index (χ1v) is 5.49. The third-order valence-electron chi connectivity index (χ3n) is 2.06. The zero-order chi connectivity index (χ0) is 11.3. The van der Waals surface area contributed by atoms with Crippen molar-refractivity contribution >= 4 is 5.95 Å². The number of nitrogens with one attached hydrogen (secondary N) is 1. The Morgan fingerprint density at radius 2 is 2.13 bits per heavy atom. The van der Waals surface area contributed by atoms with Crippen molar-refractivity contribution in [3.8, 4) is 0 Å². The minimum atomic E-state index is 0.289. The lowest BCUT2D eigenvalue weighted by atomic mass is 10.4. The number of rotatable bonds is 6. The predicted molar refractivity (Wildman–Crippen MR) is 62.2 cm³/mol. The highest BCUT2D eigenvalue weighted by atomic mass is 16.5. The number of imidazole rings is 1. The van der Waals surface area contributed by atoms with E-state index in [1.807, 2.05) is 26.2 Å². The largest absolute Gasteiger partial charge is 0.377 e. The van der Waals surface area contributed by atoms with Crippen LogP contribution < -0.4 is 5.32 Å². The second-order valence-electron chi connectivity index (χ2n) is 4.10. The highest BCUT2D eigenvalue weighted by Gasteiger charge is 2.04. The second-order valence-corrected chi connectivity index (χ2v) is 4.10. The molecule has 1 rings (SSSR count). The number of nitrogens with zero attached hydrogens (tertiary/aromatic N) is 2. The van der Waals surface area contributed by atoms with Gasteiger partial charge in [0.15, 0.2) is 0 Å². The van der Waals surface area contributed by atoms with Gasteiger partial charge in [-0.2, -0.15) is 0 Å². The number of hydrogen-bond acceptors (Lipinski definition) is 3. The average Bonchev–Trinajstić information content (AvgIpc) is 2.60. The lowest BCUT2D eigenvalue weighted by Crippen LogP contribution is -2.16. The van der Waals surface area contributed by atoms with Crippen LogP contribution in [0.2, 0.25) is 0 Å². The summed E-state index contributed by atoms with van der Waals surface area (Å²) in [6.07, 6.45) is 4.08. The van der Waals surface area contributed by atoms with Crippen LogP contribution in [0, 0.1) is 0 Å². The van der Waals surface area contributed by atoms with Gasteiger partial charge in [-0.3, -0.25) is 0 Å². The highest BCUT2D eigenvalue weighted by Crippen LogP contribution is 2.11. The number of aromatic nitrogens is 2. The molecule has 0 aromatic carbocycles. The summed E-state index contributed by atoms with van der Waals surface area (Å²) in [6, 6.07) is 0.431. The fourth-order valence-corrected chi connectivity index (χ4v) is 1.32. The Morgan fingerprint density at radius 1 is 1.40 bits per heavy atom. The molecule has 0 aliphatic heterocycles. The monoisotopic (exact) mass is 211 g/mol. The topological polar surface area (TPSA) is 39.1 Å². The van der Waals surface area contributed by atoms with Crippen molar-refractivity contribution in [2.24, 2.45) is 0 Å². The Hall–Kier alpha value is -1.03. The Kier molecular flexibility index (Phi) is 4.62. The van der Waals surface area contributed by atoms with E-state index in [1.165, 1.54) is 0 Å². The van der Waals surface area contributed by atoms with Gasteiger partial charge in [-0.05, 0) is 27.7 Å². The first-order valence-electron chi connectivity index (χ1n) is 5.49. The van der Waals surface area contributed by atoms with Crippen LogP contribution >= 0.6 is 0 Å². The number of anilines is 1. The lowest BCUT2D eigenvalue weighted by Gasteiger charge is -2.13. The van der Waals surface area contributed by atoms with Crippen molar-refractivity contribution in [3.63, 3.8) is 0 Å². The maximum Gasteiger partial charge on any atom is 0.203 e. The molecule has 1 aromatic heterocycles. The van der Waals surface area contributed by atoms with E-state index in [0.717, 1.165) is 12.5 Å². The maximum atomic E-state index is 5.44. The molecule has 0 spiro atoms. The summed E-state index contributed by atoms with van der Waals surface area (Å²) in [5.41, 5.74) is 0. The van der Waals surface area contributed by atoms with Gasteiger partial charge in [-0.25, -0.2) is 4.98 Å². The molecule has 86 valence electrons. The van der Waals surface area contributed by atoms with E-state index in [4.69, 9.17) is 4.74 Å². The molecular formula is C11H21N3O. The SMILES string of the molecule is CC(C)OCCNc1nccn1C(C)C. The molecule has 4 nitrogen and oxygen atoms in total. The van der Waals surface area contributed by atoms with Crippen molar-refractivity contribution in [1.29, 1.82) is 0 Å². The van der Waals surface area contributed by atoms with Crippen LogP contribution in [0.4, 0.5) is 5.95 Å². The predicted octanol–water partition coefficient (Wildman–Crippen LogP) is 2.30. The molecular weight excluding hydrogens is 190 g/mol. The van der Waals surface area contributed by atoms with E-state index in [-0.39, 0.29) is 6.10 Å². The second kappa shape index (κ2) is 5.75. The molecule has 0 aliphatic rings. The van der Waals surface area contributed by atoms with Gasteiger partial charge in [0.25, 0.3) is 0 Å². The average molecular weight is 211 g/mol. The summed E-state index contributed by atoms with van der Waals surface area (Å²) in [7, 11) is 0. The highest BCUT2D eigenvalue weighted by molar-refractivity contribution is 5.26. The molecule has 1 heterocycles. The summed E-state index contributed by atoms with van der Waals surface area (Å²) in [5.74, 6) is 0.914. The molecule has 0 saturated carbocycles. The molecule has 0 atom stereocenters. The quantitative estimate of drug-likeness (QED) is 0.734. The fourth-order valence-electron chi connectivity index (χ4n) is 1.32. The Morgan fingerprint density at radius 3 is 2.73 bits per heavy atom. The number of ether oxygens (including phenoxy) is 1. The van der Waals surface area contributed by atoms with Crippen molar-refractivity contribution < 1.29 is 4.74 Å². The van der Waals surface area contributed by atoms with E-state index in [9.17, 15) is 0 Å². The maximum absolute atomic E-state index is 5.44. The normalized spacial score (nSPS) is 11.3. The van der Waals surface area contributed by atoms with E-state index in [1.54, 1.807) is 0 Å². The summed E-state index contributed by atoms with van der Waals surface area (Å²) < 4.78 is 7.55. The van der Waals surface area contributed by atoms with Gasteiger partial charge in [0.2, 0.25) is 5.95 Å². The first-order chi connectivity index (χ1) is 7.11. The molecule has 0 unspecified atom stereocenters. The van der Waals surface area contributed by atoms with Gasteiger partial charge in [0.05, 0.1) is 12.7 Å². The van der Waals surface area contributed by atoms with Gasteiger partial charge in [-0.1, -0.05) is 0 Å². The zero-order valence-electron chi connectivity index (χ0n) is 10.0. The van der Waals surface area contributed by atoms with Crippen molar-refractivity contribution in [2.45, 2.75) is 39.8 Å². The van der Waals surface area contributed by atoms with E-state index >= 15 is 0 Å². The molecule has 0 fully saturated rings. The van der Waals surface area contributed by atoms with Crippen LogP contribution in [0.15, 0.2) is 12.4 Å². The lowest BCUT2D eigenvalue weighted by molar-refractivity contribution is 0.0869. The Balaban J connectivity index is 2.34. The summed E-state index contributed by atoms with van der Waals surface area (Å²) >= 11 is 0. The Labute approximate surface area is 91.7 Å². The van der Waals surface area contributed by atoms with Gasteiger partial charge in [-0.15, -0.1) is 0 Å². The van der Waals surface area contributed by atoms with Gasteiger partial charge in [0, 0.05) is 25.0 Å². The fraction of sp³-hybridized carbons (Fsp3) is 0.727. The molecule has 15 heavy (non-hydrogen) atoms. The molecule has 0 amide bonds. The summed E-state index contributed by atoms with van der Waals surface area (Å²) in [4.78, 5) is 4.25. The smallest absolute Gasteiger partial charge is 0.203 e. The standard InChI is InChI=1S/C11H21N3O/c1-9(2)14-7-5-12-11(14)13-6-8-15-10(3)4/h5,7,9-10H,6,8H2,1-4H3,(H,12,13). The zero-order valence-corrected chi connectivity index (χ0v) is 10.0. The van der Waals surface area contributed by atoms with Gasteiger partial charge >= 0.3 is 0 Å². The molecule has 4 heteroatoms. The number of hydrogen-bond donors (Lipinski definition) is 1. The molecule has 0 aliphatic carbocycles. The summed E-state index contributed by atoms with van der Waals surface area (Å²) in [5, 5.41) is 3.26. The Bertz CT molecular complexity index is 281.